The molecular formula is C15H29Cl2N5O2. The number of carbonyl (C=O) groups excluding carboxylic acids is 1. The van der Waals surface area contributed by atoms with Gasteiger partial charge in [0.05, 0.1) is 6.54 Å². The first kappa shape index (κ1) is 23.1. The smallest absolute Gasteiger partial charge is 0.223 e. The van der Waals surface area contributed by atoms with Gasteiger partial charge in [-0.25, -0.2) is 0 Å². The van der Waals surface area contributed by atoms with E-state index in [0.29, 0.717) is 18.9 Å². The van der Waals surface area contributed by atoms with Crippen molar-refractivity contribution >= 4 is 30.7 Å². The molecule has 1 aliphatic heterocycles. The van der Waals surface area contributed by atoms with Gasteiger partial charge in [0.25, 0.3) is 0 Å². The summed E-state index contributed by atoms with van der Waals surface area (Å²) >= 11 is 0. The molecule has 0 atom stereocenters. The zero-order valence-electron chi connectivity index (χ0n) is 14.3. The number of hydrogen-bond donors (Lipinski definition) is 1. The molecule has 1 amide bonds. The van der Waals surface area contributed by atoms with E-state index in [1.165, 1.54) is 0 Å². The molecule has 9 heteroatoms. The van der Waals surface area contributed by atoms with Crippen LogP contribution >= 0.6 is 24.8 Å². The molecule has 0 bridgehead atoms. The fraction of sp³-hybridized carbons (Fsp3) is 0.800. The summed E-state index contributed by atoms with van der Waals surface area (Å²) in [6, 6.07) is 0. The Balaban J connectivity index is 0.00000264. The monoisotopic (exact) mass is 381 g/mol. The lowest BCUT2D eigenvalue weighted by molar-refractivity contribution is -0.133. The van der Waals surface area contributed by atoms with Gasteiger partial charge in [0.2, 0.25) is 11.8 Å². The first-order valence-electron chi connectivity index (χ1n) is 8.18. The molecule has 1 aromatic rings. The molecule has 2 rings (SSSR count). The second-order valence-corrected chi connectivity index (χ2v) is 5.84. The Morgan fingerprint density at radius 1 is 1.12 bits per heavy atom. The maximum atomic E-state index is 12.1. The van der Waals surface area contributed by atoms with Gasteiger partial charge >= 0.3 is 0 Å². The molecule has 140 valence electrons. The van der Waals surface area contributed by atoms with E-state index in [4.69, 9.17) is 10.3 Å². The van der Waals surface area contributed by atoms with Crippen LogP contribution in [0.15, 0.2) is 4.52 Å². The summed E-state index contributed by atoms with van der Waals surface area (Å²) in [5, 5.41) is 3.91. The van der Waals surface area contributed by atoms with E-state index < -0.39 is 0 Å². The zero-order chi connectivity index (χ0) is 15.8. The maximum absolute atomic E-state index is 12.1. The summed E-state index contributed by atoms with van der Waals surface area (Å²) in [6.45, 7) is 6.55. The van der Waals surface area contributed by atoms with Crippen LogP contribution in [0.1, 0.15) is 43.8 Å². The number of hydrogen-bond acceptors (Lipinski definition) is 6. The largest absolute Gasteiger partial charge is 0.340 e. The highest BCUT2D eigenvalue weighted by molar-refractivity contribution is 5.85. The van der Waals surface area contributed by atoms with Crippen molar-refractivity contribution in [1.29, 1.82) is 0 Å². The van der Waals surface area contributed by atoms with Gasteiger partial charge < -0.3 is 15.2 Å². The maximum Gasteiger partial charge on any atom is 0.223 e. The van der Waals surface area contributed by atoms with Gasteiger partial charge in [0, 0.05) is 39.5 Å². The Morgan fingerprint density at radius 2 is 1.79 bits per heavy atom. The van der Waals surface area contributed by atoms with Crippen LogP contribution < -0.4 is 5.73 Å². The van der Waals surface area contributed by atoms with Crippen molar-refractivity contribution in [3.05, 3.63) is 11.7 Å². The van der Waals surface area contributed by atoms with E-state index in [-0.39, 0.29) is 30.7 Å². The number of aryl methyl sites for hydroxylation is 1. The van der Waals surface area contributed by atoms with Crippen molar-refractivity contribution in [3.8, 4) is 0 Å². The highest BCUT2D eigenvalue weighted by Gasteiger charge is 2.21. The molecule has 1 aliphatic rings. The molecule has 0 saturated carbocycles. The number of carbonyl (C=O) groups is 1. The lowest BCUT2D eigenvalue weighted by Crippen LogP contribution is -2.48. The van der Waals surface area contributed by atoms with E-state index in [1.54, 1.807) is 6.92 Å². The number of unbranched alkanes of at least 4 members (excludes halogenated alkanes) is 3. The number of nitrogens with two attached hydrogens (primary N) is 1. The summed E-state index contributed by atoms with van der Waals surface area (Å²) < 4.78 is 4.98. The Kier molecular flexibility index (Phi) is 12.0. The standard InChI is InChI=1S/C15H27N5O2.2ClH/c1-13-17-14(18-22-13)12-19-8-10-20(11-9-19)15(21)6-4-2-3-5-7-16;;/h2-12,16H2,1H3;2*1H. The lowest BCUT2D eigenvalue weighted by atomic mass is 10.1. The second-order valence-electron chi connectivity index (χ2n) is 5.84. The summed E-state index contributed by atoms with van der Waals surface area (Å²) in [5.41, 5.74) is 5.46. The van der Waals surface area contributed by atoms with E-state index in [9.17, 15) is 4.79 Å². The van der Waals surface area contributed by atoms with E-state index in [2.05, 4.69) is 15.0 Å². The van der Waals surface area contributed by atoms with Crippen LogP contribution in [0.2, 0.25) is 0 Å². The Morgan fingerprint density at radius 3 is 2.38 bits per heavy atom. The quantitative estimate of drug-likeness (QED) is 0.690. The van der Waals surface area contributed by atoms with Crippen LogP contribution in [0.5, 0.6) is 0 Å². The normalized spacial score (nSPS) is 14.8. The molecule has 1 saturated heterocycles. The Labute approximate surface area is 156 Å². The lowest BCUT2D eigenvalue weighted by Gasteiger charge is -2.34. The summed E-state index contributed by atoms with van der Waals surface area (Å²) in [5.74, 6) is 1.60. The highest BCUT2D eigenvalue weighted by Crippen LogP contribution is 2.10. The van der Waals surface area contributed by atoms with Gasteiger partial charge in [-0.2, -0.15) is 4.98 Å². The molecule has 2 heterocycles. The third-order valence-electron chi connectivity index (χ3n) is 4.00. The molecule has 0 spiro atoms. The van der Waals surface area contributed by atoms with Crippen LogP contribution in [0.3, 0.4) is 0 Å². The van der Waals surface area contributed by atoms with Crippen molar-refractivity contribution in [1.82, 2.24) is 19.9 Å². The van der Waals surface area contributed by atoms with Crippen LogP contribution in [0, 0.1) is 6.92 Å². The molecule has 0 radical (unpaired) electrons. The molecule has 0 unspecified atom stereocenters. The van der Waals surface area contributed by atoms with E-state index >= 15 is 0 Å². The minimum absolute atomic E-state index is 0. The van der Waals surface area contributed by atoms with Crippen molar-refractivity contribution < 1.29 is 9.32 Å². The SMILES string of the molecule is Cc1nc(CN2CCN(C(=O)CCCCCCN)CC2)no1.Cl.Cl. The predicted octanol–water partition coefficient (Wildman–Crippen LogP) is 1.78. The average molecular weight is 382 g/mol. The van der Waals surface area contributed by atoms with Gasteiger partial charge in [-0.05, 0) is 19.4 Å². The van der Waals surface area contributed by atoms with Crippen LogP contribution in [-0.4, -0.2) is 58.6 Å². The van der Waals surface area contributed by atoms with Crippen molar-refractivity contribution in [2.75, 3.05) is 32.7 Å². The van der Waals surface area contributed by atoms with Crippen LogP contribution in [0.25, 0.3) is 0 Å². The summed E-state index contributed by atoms with van der Waals surface area (Å²) in [6.07, 6.45) is 4.92. The van der Waals surface area contributed by atoms with E-state index in [1.807, 2.05) is 4.90 Å². The number of aromatic nitrogens is 2. The Hall–Kier alpha value is -0.890. The fourth-order valence-corrected chi connectivity index (χ4v) is 2.69. The molecular weight excluding hydrogens is 353 g/mol. The van der Waals surface area contributed by atoms with Gasteiger partial charge in [0.1, 0.15) is 0 Å². The minimum atomic E-state index is 0. The average Bonchev–Trinajstić information content (AvgIpc) is 2.93. The van der Waals surface area contributed by atoms with Gasteiger partial charge in [-0.3, -0.25) is 9.69 Å². The number of amides is 1. The molecule has 0 aromatic carbocycles. The second kappa shape index (κ2) is 12.5. The number of rotatable bonds is 8. The minimum Gasteiger partial charge on any atom is -0.340 e. The van der Waals surface area contributed by atoms with E-state index in [0.717, 1.165) is 64.2 Å². The van der Waals surface area contributed by atoms with Crippen LogP contribution in [-0.2, 0) is 11.3 Å². The molecule has 1 fully saturated rings. The third kappa shape index (κ3) is 7.79. The van der Waals surface area contributed by atoms with Crippen molar-refractivity contribution in [2.24, 2.45) is 5.73 Å². The van der Waals surface area contributed by atoms with Crippen molar-refractivity contribution in [3.63, 3.8) is 0 Å². The van der Waals surface area contributed by atoms with Gasteiger partial charge in [-0.1, -0.05) is 18.0 Å². The fourth-order valence-electron chi connectivity index (χ4n) is 2.69. The topological polar surface area (TPSA) is 88.5 Å². The van der Waals surface area contributed by atoms with Crippen molar-refractivity contribution in [2.45, 2.75) is 45.6 Å². The molecule has 7 nitrogen and oxygen atoms in total. The first-order valence-corrected chi connectivity index (χ1v) is 8.18. The predicted molar refractivity (Wildman–Crippen MR) is 97.5 cm³/mol. The summed E-state index contributed by atoms with van der Waals surface area (Å²) in [4.78, 5) is 20.6. The summed E-state index contributed by atoms with van der Waals surface area (Å²) in [7, 11) is 0. The number of nitrogens with zero attached hydrogens (tertiary/aromatic N) is 4. The third-order valence-corrected chi connectivity index (χ3v) is 4.00. The van der Waals surface area contributed by atoms with Gasteiger partial charge in [0.15, 0.2) is 5.82 Å². The molecule has 24 heavy (non-hydrogen) atoms. The molecule has 1 aromatic heterocycles. The van der Waals surface area contributed by atoms with Crippen LogP contribution in [0.4, 0.5) is 0 Å². The van der Waals surface area contributed by atoms with Gasteiger partial charge in [-0.15, -0.1) is 24.8 Å². The highest BCUT2D eigenvalue weighted by atomic mass is 35.5. The molecule has 0 aliphatic carbocycles. The number of piperazine rings is 1. The first-order chi connectivity index (χ1) is 10.7. The molecule has 2 N–H and O–H groups in total. The zero-order valence-corrected chi connectivity index (χ0v) is 15.9. The Bertz CT molecular complexity index is 464. The number of halogens is 2.